The standard InChI is InChI=1S/C15H21BrN2O/c1-11(15(2,3)4)9-17-14(19)18-10-12-5-7-13(16)8-6-12/h5-9H,10H2,1-4H3,(H2,17,18,19)/b11-9+. The molecule has 104 valence electrons. The minimum atomic E-state index is -0.188. The van der Waals surface area contributed by atoms with E-state index in [0.29, 0.717) is 6.54 Å². The number of benzene rings is 1. The average Bonchev–Trinajstić information content (AvgIpc) is 2.34. The smallest absolute Gasteiger partial charge is 0.319 e. The molecule has 0 aliphatic rings. The predicted octanol–water partition coefficient (Wildman–Crippen LogP) is 4.20. The van der Waals surface area contributed by atoms with Crippen LogP contribution in [-0.2, 0) is 6.54 Å². The molecule has 0 fully saturated rings. The summed E-state index contributed by atoms with van der Waals surface area (Å²) in [6.07, 6.45) is 1.76. The molecule has 0 radical (unpaired) electrons. The average molecular weight is 325 g/mol. The van der Waals surface area contributed by atoms with Crippen LogP contribution in [0.2, 0.25) is 0 Å². The van der Waals surface area contributed by atoms with Gasteiger partial charge in [-0.25, -0.2) is 4.79 Å². The Morgan fingerprint density at radius 1 is 1.26 bits per heavy atom. The van der Waals surface area contributed by atoms with Crippen molar-refractivity contribution in [3.05, 3.63) is 46.1 Å². The van der Waals surface area contributed by atoms with Crippen molar-refractivity contribution in [1.82, 2.24) is 10.6 Å². The summed E-state index contributed by atoms with van der Waals surface area (Å²) in [4.78, 5) is 11.6. The first-order valence-electron chi connectivity index (χ1n) is 6.25. The molecule has 0 aliphatic heterocycles. The highest BCUT2D eigenvalue weighted by Crippen LogP contribution is 2.23. The highest BCUT2D eigenvalue weighted by atomic mass is 79.9. The minimum Gasteiger partial charge on any atom is -0.334 e. The molecule has 2 N–H and O–H groups in total. The highest BCUT2D eigenvalue weighted by Gasteiger charge is 2.12. The molecule has 0 spiro atoms. The summed E-state index contributed by atoms with van der Waals surface area (Å²) in [6, 6.07) is 7.67. The monoisotopic (exact) mass is 324 g/mol. The van der Waals surface area contributed by atoms with Crippen molar-refractivity contribution in [3.8, 4) is 0 Å². The maximum absolute atomic E-state index is 11.6. The van der Waals surface area contributed by atoms with Crippen LogP contribution in [0.4, 0.5) is 4.79 Å². The van der Waals surface area contributed by atoms with Gasteiger partial charge in [0, 0.05) is 17.2 Å². The lowest BCUT2D eigenvalue weighted by atomic mass is 9.88. The second-order valence-electron chi connectivity index (χ2n) is 5.53. The Bertz CT molecular complexity index is 458. The normalized spacial score (nSPS) is 12.2. The van der Waals surface area contributed by atoms with Crippen molar-refractivity contribution in [2.45, 2.75) is 34.2 Å². The van der Waals surface area contributed by atoms with Gasteiger partial charge in [0.05, 0.1) is 0 Å². The zero-order chi connectivity index (χ0) is 14.5. The Morgan fingerprint density at radius 3 is 2.37 bits per heavy atom. The van der Waals surface area contributed by atoms with Crippen molar-refractivity contribution >= 4 is 22.0 Å². The second kappa shape index (κ2) is 6.75. The molecular weight excluding hydrogens is 304 g/mol. The zero-order valence-electron chi connectivity index (χ0n) is 11.9. The van der Waals surface area contributed by atoms with E-state index in [-0.39, 0.29) is 11.4 Å². The number of urea groups is 1. The van der Waals surface area contributed by atoms with Crippen molar-refractivity contribution in [2.75, 3.05) is 0 Å². The second-order valence-corrected chi connectivity index (χ2v) is 6.45. The Morgan fingerprint density at radius 2 is 1.84 bits per heavy atom. The molecule has 4 heteroatoms. The van der Waals surface area contributed by atoms with Crippen LogP contribution in [0.5, 0.6) is 0 Å². The molecule has 0 heterocycles. The number of halogens is 1. The molecule has 0 saturated heterocycles. The van der Waals surface area contributed by atoms with E-state index in [0.717, 1.165) is 15.6 Å². The summed E-state index contributed by atoms with van der Waals surface area (Å²) in [6.45, 7) is 8.86. The van der Waals surface area contributed by atoms with Gasteiger partial charge < -0.3 is 10.6 Å². The van der Waals surface area contributed by atoms with Crippen LogP contribution in [0.15, 0.2) is 40.5 Å². The molecule has 0 unspecified atom stereocenters. The fourth-order valence-corrected chi connectivity index (χ4v) is 1.49. The summed E-state index contributed by atoms with van der Waals surface area (Å²) in [5.74, 6) is 0. The maximum Gasteiger partial charge on any atom is 0.319 e. The third kappa shape index (κ3) is 5.92. The summed E-state index contributed by atoms with van der Waals surface area (Å²) in [5, 5.41) is 5.56. The van der Waals surface area contributed by atoms with Crippen LogP contribution in [0, 0.1) is 5.41 Å². The number of hydrogen-bond donors (Lipinski definition) is 2. The van der Waals surface area contributed by atoms with E-state index < -0.39 is 0 Å². The Hall–Kier alpha value is -1.29. The molecule has 0 atom stereocenters. The van der Waals surface area contributed by atoms with Crippen LogP contribution in [0.25, 0.3) is 0 Å². The van der Waals surface area contributed by atoms with Gasteiger partial charge in [0.2, 0.25) is 0 Å². The van der Waals surface area contributed by atoms with E-state index in [1.807, 2.05) is 31.2 Å². The number of carbonyl (C=O) groups is 1. The van der Waals surface area contributed by atoms with Gasteiger partial charge in [0.15, 0.2) is 0 Å². The summed E-state index contributed by atoms with van der Waals surface area (Å²) in [7, 11) is 0. The molecule has 0 aromatic heterocycles. The summed E-state index contributed by atoms with van der Waals surface area (Å²) < 4.78 is 1.03. The molecule has 3 nitrogen and oxygen atoms in total. The van der Waals surface area contributed by atoms with Gasteiger partial charge >= 0.3 is 6.03 Å². The molecule has 1 aromatic carbocycles. The van der Waals surface area contributed by atoms with Crippen molar-refractivity contribution in [3.63, 3.8) is 0 Å². The third-order valence-corrected chi connectivity index (χ3v) is 3.50. The first-order chi connectivity index (χ1) is 8.79. The van der Waals surface area contributed by atoms with Crippen LogP contribution >= 0.6 is 15.9 Å². The topological polar surface area (TPSA) is 41.1 Å². The number of rotatable bonds is 3. The van der Waals surface area contributed by atoms with Crippen LogP contribution in [-0.4, -0.2) is 6.03 Å². The largest absolute Gasteiger partial charge is 0.334 e. The van der Waals surface area contributed by atoms with Gasteiger partial charge in [0.1, 0.15) is 0 Å². The van der Waals surface area contributed by atoms with E-state index >= 15 is 0 Å². The molecule has 19 heavy (non-hydrogen) atoms. The highest BCUT2D eigenvalue weighted by molar-refractivity contribution is 9.10. The Balaban J connectivity index is 2.42. The van der Waals surface area contributed by atoms with Gasteiger partial charge in [-0.3, -0.25) is 0 Å². The summed E-state index contributed by atoms with van der Waals surface area (Å²) in [5.41, 5.74) is 2.26. The van der Waals surface area contributed by atoms with E-state index in [4.69, 9.17) is 0 Å². The number of nitrogens with one attached hydrogen (secondary N) is 2. The first-order valence-corrected chi connectivity index (χ1v) is 7.04. The Kier molecular flexibility index (Phi) is 5.60. The van der Waals surface area contributed by atoms with E-state index in [9.17, 15) is 4.79 Å². The third-order valence-electron chi connectivity index (χ3n) is 2.97. The van der Waals surface area contributed by atoms with Crippen LogP contribution < -0.4 is 10.6 Å². The summed E-state index contributed by atoms with van der Waals surface area (Å²) >= 11 is 3.38. The molecule has 0 bridgehead atoms. The lowest BCUT2D eigenvalue weighted by Gasteiger charge is -2.19. The molecule has 0 aliphatic carbocycles. The SMILES string of the molecule is C/C(=C\NC(=O)NCc1ccc(Br)cc1)C(C)(C)C. The fraction of sp³-hybridized carbons (Fsp3) is 0.400. The van der Waals surface area contributed by atoms with E-state index in [2.05, 4.69) is 47.3 Å². The number of allylic oxidation sites excluding steroid dienone is 1. The van der Waals surface area contributed by atoms with Crippen LogP contribution in [0.1, 0.15) is 33.3 Å². The lowest BCUT2D eigenvalue weighted by molar-refractivity contribution is 0.243. The van der Waals surface area contributed by atoms with Crippen molar-refractivity contribution in [2.24, 2.45) is 5.41 Å². The van der Waals surface area contributed by atoms with Crippen molar-refractivity contribution in [1.29, 1.82) is 0 Å². The van der Waals surface area contributed by atoms with E-state index in [1.54, 1.807) is 6.20 Å². The van der Waals surface area contributed by atoms with Gasteiger partial charge in [-0.2, -0.15) is 0 Å². The van der Waals surface area contributed by atoms with Gasteiger partial charge in [0.25, 0.3) is 0 Å². The van der Waals surface area contributed by atoms with Crippen molar-refractivity contribution < 1.29 is 4.79 Å². The number of amides is 2. The Labute approximate surface area is 123 Å². The predicted molar refractivity (Wildman–Crippen MR) is 82.7 cm³/mol. The maximum atomic E-state index is 11.6. The van der Waals surface area contributed by atoms with Gasteiger partial charge in [-0.05, 0) is 30.0 Å². The number of hydrogen-bond acceptors (Lipinski definition) is 1. The molecule has 0 saturated carbocycles. The van der Waals surface area contributed by atoms with E-state index in [1.165, 1.54) is 0 Å². The fourth-order valence-electron chi connectivity index (χ4n) is 1.23. The number of carbonyl (C=O) groups excluding carboxylic acids is 1. The lowest BCUT2D eigenvalue weighted by Crippen LogP contribution is -2.32. The zero-order valence-corrected chi connectivity index (χ0v) is 13.5. The molecule has 1 aromatic rings. The van der Waals surface area contributed by atoms with Gasteiger partial charge in [-0.15, -0.1) is 0 Å². The minimum absolute atomic E-state index is 0.0684. The molecule has 2 amide bonds. The quantitative estimate of drug-likeness (QED) is 0.859. The van der Waals surface area contributed by atoms with Crippen LogP contribution in [0.3, 0.4) is 0 Å². The van der Waals surface area contributed by atoms with Gasteiger partial charge in [-0.1, -0.05) is 54.4 Å². The molecular formula is C15H21BrN2O. The first kappa shape index (κ1) is 15.8. The molecule has 1 rings (SSSR count).